The molecule has 0 fully saturated rings. The van der Waals surface area contributed by atoms with Crippen LogP contribution in [0.3, 0.4) is 0 Å². The number of nitrogens with two attached hydrogens (primary N) is 1. The SMILES string of the molecule is CCn1cc(S(=O)(=O)Nc2cccc(C)c2C)cc1CN. The number of benzene rings is 1. The highest BCUT2D eigenvalue weighted by molar-refractivity contribution is 7.92. The Morgan fingerprint density at radius 2 is 2.00 bits per heavy atom. The lowest BCUT2D eigenvalue weighted by molar-refractivity contribution is 0.600. The number of hydrogen-bond donors (Lipinski definition) is 2. The van der Waals surface area contributed by atoms with Crippen LogP contribution in [-0.4, -0.2) is 13.0 Å². The molecule has 1 aromatic carbocycles. The van der Waals surface area contributed by atoms with E-state index in [1.54, 1.807) is 18.3 Å². The van der Waals surface area contributed by atoms with E-state index >= 15 is 0 Å². The van der Waals surface area contributed by atoms with Crippen molar-refractivity contribution in [2.75, 3.05) is 4.72 Å². The van der Waals surface area contributed by atoms with Gasteiger partial charge in [0, 0.05) is 25.0 Å². The molecule has 21 heavy (non-hydrogen) atoms. The molecule has 6 heteroatoms. The highest BCUT2D eigenvalue weighted by Crippen LogP contribution is 2.23. The topological polar surface area (TPSA) is 77.1 Å². The Morgan fingerprint density at radius 3 is 2.57 bits per heavy atom. The smallest absolute Gasteiger partial charge is 0.263 e. The Balaban J connectivity index is 2.38. The van der Waals surface area contributed by atoms with Crippen molar-refractivity contribution >= 4 is 15.7 Å². The van der Waals surface area contributed by atoms with Crippen LogP contribution in [0.1, 0.15) is 23.7 Å². The molecule has 0 aliphatic rings. The number of rotatable bonds is 5. The normalized spacial score (nSPS) is 11.6. The molecule has 0 saturated heterocycles. The van der Waals surface area contributed by atoms with E-state index < -0.39 is 10.0 Å². The Kier molecular flexibility index (Phi) is 4.39. The summed E-state index contributed by atoms with van der Waals surface area (Å²) in [7, 11) is -3.60. The second kappa shape index (κ2) is 5.91. The lowest BCUT2D eigenvalue weighted by atomic mass is 10.1. The van der Waals surface area contributed by atoms with E-state index in [0.717, 1.165) is 16.8 Å². The van der Waals surface area contributed by atoms with Crippen LogP contribution in [0.2, 0.25) is 0 Å². The summed E-state index contributed by atoms with van der Waals surface area (Å²) in [5.41, 5.74) is 9.02. The monoisotopic (exact) mass is 307 g/mol. The molecule has 0 spiro atoms. The molecule has 3 N–H and O–H groups in total. The summed E-state index contributed by atoms with van der Waals surface area (Å²) in [5, 5.41) is 0. The van der Waals surface area contributed by atoms with E-state index in [4.69, 9.17) is 5.73 Å². The molecular weight excluding hydrogens is 286 g/mol. The molecule has 2 rings (SSSR count). The molecule has 1 aromatic heterocycles. The summed E-state index contributed by atoms with van der Waals surface area (Å²) in [6.07, 6.45) is 1.62. The summed E-state index contributed by atoms with van der Waals surface area (Å²) in [6, 6.07) is 7.17. The summed E-state index contributed by atoms with van der Waals surface area (Å²) in [5.74, 6) is 0. The number of aryl methyl sites for hydroxylation is 2. The van der Waals surface area contributed by atoms with Crippen molar-refractivity contribution in [2.24, 2.45) is 5.73 Å². The minimum Gasteiger partial charge on any atom is -0.349 e. The fraction of sp³-hybridized carbons (Fsp3) is 0.333. The number of nitrogens with zero attached hydrogens (tertiary/aromatic N) is 1. The first-order valence-electron chi connectivity index (χ1n) is 6.87. The van der Waals surface area contributed by atoms with Crippen LogP contribution in [-0.2, 0) is 23.1 Å². The largest absolute Gasteiger partial charge is 0.349 e. The van der Waals surface area contributed by atoms with Crippen LogP contribution in [0.25, 0.3) is 0 Å². The van der Waals surface area contributed by atoms with Crippen LogP contribution in [0, 0.1) is 13.8 Å². The van der Waals surface area contributed by atoms with Crippen LogP contribution < -0.4 is 10.5 Å². The zero-order chi connectivity index (χ0) is 15.6. The first-order chi connectivity index (χ1) is 9.89. The summed E-state index contributed by atoms with van der Waals surface area (Å²) >= 11 is 0. The summed E-state index contributed by atoms with van der Waals surface area (Å²) in [6.45, 7) is 6.80. The maximum absolute atomic E-state index is 12.5. The molecule has 0 radical (unpaired) electrons. The fourth-order valence-corrected chi connectivity index (χ4v) is 3.39. The molecular formula is C15H21N3O2S. The first kappa shape index (κ1) is 15.6. The molecule has 0 bridgehead atoms. The Morgan fingerprint density at radius 1 is 1.29 bits per heavy atom. The van der Waals surface area contributed by atoms with Gasteiger partial charge >= 0.3 is 0 Å². The predicted octanol–water partition coefficient (Wildman–Crippen LogP) is 2.38. The van der Waals surface area contributed by atoms with E-state index in [9.17, 15) is 8.42 Å². The second-order valence-electron chi connectivity index (χ2n) is 5.01. The van der Waals surface area contributed by atoms with Crippen molar-refractivity contribution < 1.29 is 8.42 Å². The molecule has 114 valence electrons. The van der Waals surface area contributed by atoms with Gasteiger partial charge in [0.15, 0.2) is 0 Å². The molecule has 0 aliphatic heterocycles. The average molecular weight is 307 g/mol. The van der Waals surface area contributed by atoms with Crippen molar-refractivity contribution in [2.45, 2.75) is 38.8 Å². The molecule has 0 unspecified atom stereocenters. The third-order valence-corrected chi connectivity index (χ3v) is 5.00. The molecule has 0 saturated carbocycles. The molecule has 0 amide bonds. The lowest BCUT2D eigenvalue weighted by Gasteiger charge is -2.11. The van der Waals surface area contributed by atoms with Gasteiger partial charge in [0.2, 0.25) is 0 Å². The van der Waals surface area contributed by atoms with E-state index in [1.165, 1.54) is 0 Å². The van der Waals surface area contributed by atoms with Crippen LogP contribution in [0.5, 0.6) is 0 Å². The quantitative estimate of drug-likeness (QED) is 0.890. The van der Waals surface area contributed by atoms with Crippen molar-refractivity contribution in [3.63, 3.8) is 0 Å². The van der Waals surface area contributed by atoms with E-state index in [2.05, 4.69) is 4.72 Å². The van der Waals surface area contributed by atoms with Gasteiger partial charge in [0.05, 0.1) is 5.69 Å². The fourth-order valence-electron chi connectivity index (χ4n) is 2.20. The van der Waals surface area contributed by atoms with Crippen LogP contribution >= 0.6 is 0 Å². The Labute approximate surface area is 125 Å². The summed E-state index contributed by atoms with van der Waals surface area (Å²) in [4.78, 5) is 0.241. The standard InChI is InChI=1S/C15H21N3O2S/c1-4-18-10-14(8-13(18)9-16)21(19,20)17-15-7-5-6-11(2)12(15)3/h5-8,10,17H,4,9,16H2,1-3H3. The van der Waals surface area contributed by atoms with Gasteiger partial charge in [-0.2, -0.15) is 0 Å². The van der Waals surface area contributed by atoms with Crippen molar-refractivity contribution in [3.8, 4) is 0 Å². The molecule has 0 aliphatic carbocycles. The van der Waals surface area contributed by atoms with Gasteiger partial charge < -0.3 is 10.3 Å². The zero-order valence-corrected chi connectivity index (χ0v) is 13.4. The highest BCUT2D eigenvalue weighted by atomic mass is 32.2. The highest BCUT2D eigenvalue weighted by Gasteiger charge is 2.18. The Bertz CT molecular complexity index is 727. The maximum atomic E-state index is 12.5. The van der Waals surface area contributed by atoms with Crippen LogP contribution in [0.15, 0.2) is 35.4 Å². The Hall–Kier alpha value is -1.79. The maximum Gasteiger partial charge on any atom is 0.263 e. The van der Waals surface area contributed by atoms with Crippen molar-refractivity contribution in [1.82, 2.24) is 4.57 Å². The lowest BCUT2D eigenvalue weighted by Crippen LogP contribution is -2.13. The van der Waals surface area contributed by atoms with Crippen molar-refractivity contribution in [3.05, 3.63) is 47.3 Å². The third-order valence-electron chi connectivity index (χ3n) is 3.67. The zero-order valence-electron chi connectivity index (χ0n) is 12.6. The number of aromatic nitrogens is 1. The third kappa shape index (κ3) is 3.11. The van der Waals surface area contributed by atoms with Gasteiger partial charge in [-0.25, -0.2) is 8.42 Å². The minimum absolute atomic E-state index is 0.241. The van der Waals surface area contributed by atoms with Gasteiger partial charge in [0.1, 0.15) is 4.90 Å². The second-order valence-corrected chi connectivity index (χ2v) is 6.69. The predicted molar refractivity (Wildman–Crippen MR) is 84.7 cm³/mol. The first-order valence-corrected chi connectivity index (χ1v) is 8.35. The molecule has 1 heterocycles. The van der Waals surface area contributed by atoms with E-state index in [0.29, 0.717) is 18.8 Å². The number of nitrogens with one attached hydrogen (secondary N) is 1. The van der Waals surface area contributed by atoms with Crippen molar-refractivity contribution in [1.29, 1.82) is 0 Å². The molecule has 5 nitrogen and oxygen atoms in total. The summed E-state index contributed by atoms with van der Waals surface area (Å²) < 4.78 is 29.5. The number of anilines is 1. The molecule has 0 atom stereocenters. The minimum atomic E-state index is -3.60. The van der Waals surface area contributed by atoms with Gasteiger partial charge in [-0.1, -0.05) is 12.1 Å². The number of sulfonamides is 1. The molecule has 2 aromatic rings. The van der Waals surface area contributed by atoms with Gasteiger partial charge in [-0.05, 0) is 44.0 Å². The average Bonchev–Trinajstić information content (AvgIpc) is 2.88. The number of hydrogen-bond acceptors (Lipinski definition) is 3. The van der Waals surface area contributed by atoms with Gasteiger partial charge in [-0.3, -0.25) is 4.72 Å². The van der Waals surface area contributed by atoms with E-state index in [-0.39, 0.29) is 4.90 Å². The van der Waals surface area contributed by atoms with Crippen LogP contribution in [0.4, 0.5) is 5.69 Å². The van der Waals surface area contributed by atoms with Gasteiger partial charge in [0.25, 0.3) is 10.0 Å². The van der Waals surface area contributed by atoms with E-state index in [1.807, 2.05) is 37.5 Å². The van der Waals surface area contributed by atoms with Gasteiger partial charge in [-0.15, -0.1) is 0 Å².